The van der Waals surface area contributed by atoms with E-state index < -0.39 is 0 Å². The number of aryl methyl sites for hydroxylation is 2. The van der Waals surface area contributed by atoms with E-state index >= 15 is 0 Å². The fourth-order valence-electron chi connectivity index (χ4n) is 2.66. The van der Waals surface area contributed by atoms with Gasteiger partial charge in [0, 0.05) is 32.7 Å². The highest BCUT2D eigenvalue weighted by Crippen LogP contribution is 2.21. The van der Waals surface area contributed by atoms with E-state index in [-0.39, 0.29) is 5.91 Å². The van der Waals surface area contributed by atoms with Crippen molar-refractivity contribution in [1.82, 2.24) is 14.7 Å². The van der Waals surface area contributed by atoms with Crippen molar-refractivity contribution in [1.29, 1.82) is 0 Å². The zero-order valence-corrected chi connectivity index (χ0v) is 12.6. The van der Waals surface area contributed by atoms with Gasteiger partial charge in [0.15, 0.2) is 0 Å². The molecule has 1 aromatic rings. The van der Waals surface area contributed by atoms with Crippen LogP contribution in [0.25, 0.3) is 0 Å². The minimum absolute atomic E-state index is 0.0356. The molecule has 0 spiro atoms. The van der Waals surface area contributed by atoms with Crippen molar-refractivity contribution in [3.63, 3.8) is 0 Å². The van der Waals surface area contributed by atoms with Gasteiger partial charge in [-0.25, -0.2) is 0 Å². The first-order valence-electron chi connectivity index (χ1n) is 7.26. The first-order valence-corrected chi connectivity index (χ1v) is 7.26. The molecule has 0 saturated carbocycles. The summed E-state index contributed by atoms with van der Waals surface area (Å²) < 4.78 is 6.98. The number of carbonyl (C=O) groups is 1. The highest BCUT2D eigenvalue weighted by Gasteiger charge is 2.26. The van der Waals surface area contributed by atoms with Crippen molar-refractivity contribution >= 4 is 11.6 Å². The van der Waals surface area contributed by atoms with Crippen molar-refractivity contribution in [2.45, 2.75) is 26.7 Å². The molecule has 0 bridgehead atoms. The van der Waals surface area contributed by atoms with Crippen LogP contribution in [0.3, 0.4) is 0 Å². The topological polar surface area (TPSA) is 73.4 Å². The highest BCUT2D eigenvalue weighted by molar-refractivity contribution is 5.98. The van der Waals surface area contributed by atoms with E-state index in [1.165, 1.54) is 0 Å². The molecular weight excluding hydrogens is 256 g/mol. The van der Waals surface area contributed by atoms with Crippen LogP contribution < -0.4 is 5.73 Å². The summed E-state index contributed by atoms with van der Waals surface area (Å²) >= 11 is 0. The minimum Gasteiger partial charge on any atom is -0.395 e. The van der Waals surface area contributed by atoms with Crippen molar-refractivity contribution < 1.29 is 9.53 Å². The number of anilines is 1. The van der Waals surface area contributed by atoms with Gasteiger partial charge in [0.05, 0.1) is 18.0 Å². The first kappa shape index (κ1) is 14.8. The third-order valence-corrected chi connectivity index (χ3v) is 3.87. The lowest BCUT2D eigenvalue weighted by molar-refractivity contribution is 0.0721. The maximum atomic E-state index is 12.7. The van der Waals surface area contributed by atoms with Crippen molar-refractivity contribution in [2.24, 2.45) is 13.0 Å². The molecule has 2 heterocycles. The summed E-state index contributed by atoms with van der Waals surface area (Å²) in [6, 6.07) is 0. The molecule has 1 amide bonds. The van der Waals surface area contributed by atoms with Crippen LogP contribution in [-0.4, -0.2) is 46.9 Å². The van der Waals surface area contributed by atoms with Gasteiger partial charge in [-0.05, 0) is 19.8 Å². The predicted octanol–water partition coefficient (Wildman–Crippen LogP) is 1.06. The summed E-state index contributed by atoms with van der Waals surface area (Å²) in [6.45, 7) is 6.90. The Labute approximate surface area is 119 Å². The van der Waals surface area contributed by atoms with Crippen LogP contribution in [0, 0.1) is 5.92 Å². The maximum Gasteiger partial charge on any atom is 0.274 e. The van der Waals surface area contributed by atoms with Crippen LogP contribution in [0.5, 0.6) is 0 Å². The second-order valence-electron chi connectivity index (χ2n) is 5.26. The number of hydrogen-bond donors (Lipinski definition) is 1. The van der Waals surface area contributed by atoms with Gasteiger partial charge in [0.25, 0.3) is 5.91 Å². The van der Waals surface area contributed by atoms with Gasteiger partial charge < -0.3 is 15.4 Å². The first-order chi connectivity index (χ1) is 9.58. The van der Waals surface area contributed by atoms with Gasteiger partial charge in [-0.15, -0.1) is 0 Å². The highest BCUT2D eigenvalue weighted by atomic mass is 16.5. The van der Waals surface area contributed by atoms with E-state index in [9.17, 15) is 4.79 Å². The monoisotopic (exact) mass is 280 g/mol. The molecule has 2 N–H and O–H groups in total. The molecular formula is C14H24N4O2. The van der Waals surface area contributed by atoms with E-state index in [0.717, 1.165) is 38.3 Å². The van der Waals surface area contributed by atoms with Crippen LogP contribution in [0.4, 0.5) is 5.69 Å². The van der Waals surface area contributed by atoms with E-state index in [1.54, 1.807) is 11.7 Å². The summed E-state index contributed by atoms with van der Waals surface area (Å²) in [6.07, 6.45) is 1.75. The molecule has 1 aliphatic rings. The van der Waals surface area contributed by atoms with Crippen molar-refractivity contribution in [3.8, 4) is 0 Å². The zero-order valence-electron chi connectivity index (χ0n) is 12.6. The Bertz CT molecular complexity index is 478. The lowest BCUT2D eigenvalue weighted by Crippen LogP contribution is -2.36. The van der Waals surface area contributed by atoms with E-state index in [4.69, 9.17) is 10.5 Å². The van der Waals surface area contributed by atoms with Crippen LogP contribution in [-0.2, 0) is 18.2 Å². The number of rotatable bonds is 5. The Balaban J connectivity index is 2.17. The van der Waals surface area contributed by atoms with Crippen molar-refractivity contribution in [2.75, 3.05) is 32.0 Å². The Morgan fingerprint density at radius 1 is 1.55 bits per heavy atom. The number of ether oxygens (including phenoxy) is 1. The van der Waals surface area contributed by atoms with E-state index in [2.05, 4.69) is 5.10 Å². The molecule has 1 aromatic heterocycles. The Hall–Kier alpha value is -1.56. The molecule has 112 valence electrons. The van der Waals surface area contributed by atoms with Gasteiger partial charge in [-0.1, -0.05) is 6.92 Å². The Morgan fingerprint density at radius 3 is 2.80 bits per heavy atom. The third kappa shape index (κ3) is 2.80. The SMILES string of the molecule is CCc1nn(C)c(C(=O)N(CC)CC2CCOC2)c1N. The average molecular weight is 280 g/mol. The minimum atomic E-state index is -0.0356. The molecule has 1 aliphatic heterocycles. The third-order valence-electron chi connectivity index (χ3n) is 3.87. The standard InChI is InChI=1S/C14H24N4O2/c1-4-11-12(15)13(17(3)16-11)14(19)18(5-2)8-10-6-7-20-9-10/h10H,4-9,15H2,1-3H3. The fourth-order valence-corrected chi connectivity index (χ4v) is 2.66. The van der Waals surface area contributed by atoms with Gasteiger partial charge in [-0.2, -0.15) is 5.10 Å². The van der Waals surface area contributed by atoms with Crippen molar-refractivity contribution in [3.05, 3.63) is 11.4 Å². The number of aromatic nitrogens is 2. The summed E-state index contributed by atoms with van der Waals surface area (Å²) in [5.41, 5.74) is 7.87. The van der Waals surface area contributed by atoms with Crippen LogP contribution in [0.1, 0.15) is 36.5 Å². The number of carbonyl (C=O) groups excluding carboxylic acids is 1. The number of nitrogens with zero attached hydrogens (tertiary/aromatic N) is 3. The Kier molecular flexibility index (Phi) is 4.65. The fraction of sp³-hybridized carbons (Fsp3) is 0.714. The molecule has 1 atom stereocenters. The number of nitrogens with two attached hydrogens (primary N) is 1. The summed E-state index contributed by atoms with van der Waals surface area (Å²) in [5, 5.41) is 4.32. The lowest BCUT2D eigenvalue weighted by atomic mass is 10.1. The molecule has 1 saturated heterocycles. The molecule has 1 fully saturated rings. The molecule has 0 radical (unpaired) electrons. The summed E-state index contributed by atoms with van der Waals surface area (Å²) in [7, 11) is 1.77. The van der Waals surface area contributed by atoms with Gasteiger partial charge in [0.2, 0.25) is 0 Å². The van der Waals surface area contributed by atoms with E-state index in [0.29, 0.717) is 23.8 Å². The Morgan fingerprint density at radius 2 is 2.30 bits per heavy atom. The average Bonchev–Trinajstić information content (AvgIpc) is 3.03. The second kappa shape index (κ2) is 6.26. The number of amides is 1. The van der Waals surface area contributed by atoms with Crippen LogP contribution in [0.15, 0.2) is 0 Å². The zero-order chi connectivity index (χ0) is 14.7. The molecule has 6 heteroatoms. The molecule has 0 aromatic carbocycles. The van der Waals surface area contributed by atoms with Gasteiger partial charge >= 0.3 is 0 Å². The molecule has 6 nitrogen and oxygen atoms in total. The van der Waals surface area contributed by atoms with Crippen LogP contribution in [0.2, 0.25) is 0 Å². The van der Waals surface area contributed by atoms with Gasteiger partial charge in [0.1, 0.15) is 5.69 Å². The summed E-state index contributed by atoms with van der Waals surface area (Å²) in [5.74, 6) is 0.394. The normalized spacial score (nSPS) is 18.4. The summed E-state index contributed by atoms with van der Waals surface area (Å²) in [4.78, 5) is 14.5. The maximum absolute atomic E-state index is 12.7. The van der Waals surface area contributed by atoms with E-state index in [1.807, 2.05) is 18.7 Å². The number of nitrogen functional groups attached to an aromatic ring is 1. The van der Waals surface area contributed by atoms with Gasteiger partial charge in [-0.3, -0.25) is 9.48 Å². The molecule has 1 unspecified atom stereocenters. The molecule has 0 aliphatic carbocycles. The quantitative estimate of drug-likeness (QED) is 0.875. The molecule has 20 heavy (non-hydrogen) atoms. The smallest absolute Gasteiger partial charge is 0.274 e. The molecule has 2 rings (SSSR count). The van der Waals surface area contributed by atoms with Crippen LogP contribution >= 0.6 is 0 Å². The lowest BCUT2D eigenvalue weighted by Gasteiger charge is -2.23. The largest absolute Gasteiger partial charge is 0.395 e. The number of hydrogen-bond acceptors (Lipinski definition) is 4. The predicted molar refractivity (Wildman–Crippen MR) is 77.5 cm³/mol. The second-order valence-corrected chi connectivity index (χ2v) is 5.26.